The number of carbonyl (C=O) groups excluding carboxylic acids is 1. The molecule has 4 rings (SSSR count). The number of likely N-dealkylation sites (tertiary alicyclic amines) is 1. The summed E-state index contributed by atoms with van der Waals surface area (Å²) in [6.45, 7) is 6.57. The van der Waals surface area contributed by atoms with Crippen molar-refractivity contribution < 1.29 is 22.0 Å². The zero-order valence-electron chi connectivity index (χ0n) is 18.1. The molecule has 1 aliphatic rings. The van der Waals surface area contributed by atoms with Crippen molar-refractivity contribution in [2.24, 2.45) is 0 Å². The number of furan rings is 1. The number of anilines is 1. The first-order chi connectivity index (χ1) is 15.1. The van der Waals surface area contributed by atoms with Crippen LogP contribution in [0.3, 0.4) is 0 Å². The van der Waals surface area contributed by atoms with Gasteiger partial charge in [-0.3, -0.25) is 9.52 Å². The summed E-state index contributed by atoms with van der Waals surface area (Å²) >= 11 is 5.80. The van der Waals surface area contributed by atoms with E-state index in [9.17, 15) is 17.6 Å². The smallest absolute Gasteiger partial charge is 0.289 e. The van der Waals surface area contributed by atoms with Crippen molar-refractivity contribution in [1.29, 1.82) is 0 Å². The van der Waals surface area contributed by atoms with Crippen molar-refractivity contribution in [3.8, 4) is 0 Å². The van der Waals surface area contributed by atoms with Gasteiger partial charge in [-0.25, -0.2) is 12.8 Å². The number of benzene rings is 2. The van der Waals surface area contributed by atoms with Crippen molar-refractivity contribution in [2.45, 2.75) is 44.9 Å². The van der Waals surface area contributed by atoms with Crippen molar-refractivity contribution in [2.75, 3.05) is 17.8 Å². The molecule has 0 atom stereocenters. The van der Waals surface area contributed by atoms with Crippen LogP contribution in [-0.2, 0) is 10.0 Å². The predicted molar refractivity (Wildman–Crippen MR) is 122 cm³/mol. The first-order valence-corrected chi connectivity index (χ1v) is 12.3. The largest absolute Gasteiger partial charge is 0.449 e. The van der Waals surface area contributed by atoms with E-state index in [4.69, 9.17) is 16.0 Å². The minimum absolute atomic E-state index is 0.0475. The molecule has 1 aliphatic heterocycles. The number of hydrogen-bond acceptors (Lipinski definition) is 4. The summed E-state index contributed by atoms with van der Waals surface area (Å²) in [5.74, 6) is -0.713. The van der Waals surface area contributed by atoms with Gasteiger partial charge in [0.05, 0.1) is 10.7 Å². The number of nitrogens with zero attached hydrogens (tertiary/aromatic N) is 1. The van der Waals surface area contributed by atoms with Gasteiger partial charge in [0.2, 0.25) is 0 Å². The van der Waals surface area contributed by atoms with Gasteiger partial charge in [0.25, 0.3) is 15.9 Å². The van der Waals surface area contributed by atoms with Crippen LogP contribution in [-0.4, -0.2) is 32.3 Å². The normalized spacial score (nSPS) is 14.7. The van der Waals surface area contributed by atoms with Crippen LogP contribution >= 0.6 is 11.6 Å². The number of nitrogens with one attached hydrogen (secondary N) is 1. The Balaban J connectivity index is 1.84. The molecule has 0 aliphatic carbocycles. The van der Waals surface area contributed by atoms with E-state index in [0.717, 1.165) is 30.9 Å². The number of piperidine rings is 1. The summed E-state index contributed by atoms with van der Waals surface area (Å²) < 4.78 is 48.6. The fourth-order valence-corrected chi connectivity index (χ4v) is 5.76. The van der Waals surface area contributed by atoms with Crippen LogP contribution < -0.4 is 4.72 Å². The Morgan fingerprint density at radius 3 is 2.44 bits per heavy atom. The van der Waals surface area contributed by atoms with Gasteiger partial charge < -0.3 is 9.32 Å². The summed E-state index contributed by atoms with van der Waals surface area (Å²) in [6.07, 6.45) is 2.96. The molecular formula is C23H24ClFN2O4S. The van der Waals surface area contributed by atoms with Crippen LogP contribution in [0.25, 0.3) is 11.0 Å². The van der Waals surface area contributed by atoms with Gasteiger partial charge in [-0.05, 0) is 75.4 Å². The Labute approximate surface area is 191 Å². The monoisotopic (exact) mass is 478 g/mol. The van der Waals surface area contributed by atoms with Crippen LogP contribution in [0.2, 0.25) is 5.02 Å². The Morgan fingerprint density at radius 2 is 1.78 bits per heavy atom. The Hall–Kier alpha value is -2.58. The molecule has 0 unspecified atom stereocenters. The van der Waals surface area contributed by atoms with E-state index in [1.807, 2.05) is 6.07 Å². The molecule has 3 aromatic rings. The molecule has 2 aromatic carbocycles. The molecule has 1 fully saturated rings. The van der Waals surface area contributed by atoms with Crippen LogP contribution in [0, 0.1) is 26.6 Å². The Bertz CT molecular complexity index is 1330. The lowest BCUT2D eigenvalue weighted by molar-refractivity contribution is 0.0693. The number of carbonyl (C=O) groups is 1. The average Bonchev–Trinajstić information content (AvgIpc) is 3.07. The van der Waals surface area contributed by atoms with Crippen molar-refractivity contribution in [3.63, 3.8) is 0 Å². The number of rotatable bonds is 4. The third kappa shape index (κ3) is 3.97. The number of halogens is 2. The molecule has 0 saturated carbocycles. The van der Waals surface area contributed by atoms with Crippen LogP contribution in [0.5, 0.6) is 0 Å². The molecule has 1 N–H and O–H groups in total. The first kappa shape index (κ1) is 22.6. The highest BCUT2D eigenvalue weighted by Gasteiger charge is 2.30. The lowest BCUT2D eigenvalue weighted by Crippen LogP contribution is -2.35. The van der Waals surface area contributed by atoms with E-state index in [0.29, 0.717) is 29.6 Å². The van der Waals surface area contributed by atoms with Crippen molar-refractivity contribution in [1.82, 2.24) is 4.90 Å². The first-order valence-electron chi connectivity index (χ1n) is 10.4. The Morgan fingerprint density at radius 1 is 1.09 bits per heavy atom. The van der Waals surface area contributed by atoms with E-state index in [2.05, 4.69) is 4.72 Å². The van der Waals surface area contributed by atoms with E-state index in [1.165, 1.54) is 12.1 Å². The van der Waals surface area contributed by atoms with E-state index < -0.39 is 15.8 Å². The number of fused-ring (bicyclic) bond motifs is 1. The van der Waals surface area contributed by atoms with Gasteiger partial charge in [-0.2, -0.15) is 0 Å². The zero-order valence-corrected chi connectivity index (χ0v) is 19.7. The zero-order chi connectivity index (χ0) is 23.2. The third-order valence-electron chi connectivity index (χ3n) is 5.97. The maximum absolute atomic E-state index is 13.5. The summed E-state index contributed by atoms with van der Waals surface area (Å²) in [6, 6.07) is 5.42. The molecular weight excluding hydrogens is 455 g/mol. The second kappa shape index (κ2) is 8.41. The molecule has 1 aromatic heterocycles. The van der Waals surface area contributed by atoms with Crippen molar-refractivity contribution >= 4 is 44.2 Å². The number of amides is 1. The van der Waals surface area contributed by atoms with Crippen LogP contribution in [0.4, 0.5) is 10.1 Å². The molecule has 170 valence electrons. The fourth-order valence-electron chi connectivity index (χ4n) is 4.08. The molecule has 1 saturated heterocycles. The predicted octanol–water partition coefficient (Wildman–Crippen LogP) is 5.58. The van der Waals surface area contributed by atoms with Crippen LogP contribution in [0.1, 0.15) is 46.5 Å². The highest BCUT2D eigenvalue weighted by molar-refractivity contribution is 7.93. The summed E-state index contributed by atoms with van der Waals surface area (Å²) in [7, 11) is -4.13. The van der Waals surface area contributed by atoms with Gasteiger partial charge in [0.15, 0.2) is 11.3 Å². The Kier molecular flexibility index (Phi) is 5.94. The SMILES string of the molecule is Cc1cc2c(C)c(C(=O)N3CCCCC3)oc2c(S(=O)(=O)Nc2ccc(F)c(Cl)c2)c1C. The third-order valence-corrected chi connectivity index (χ3v) is 7.79. The second-order valence-corrected chi connectivity index (χ2v) is 10.2. The quantitative estimate of drug-likeness (QED) is 0.531. The summed E-state index contributed by atoms with van der Waals surface area (Å²) in [5, 5.41) is 0.380. The standard InChI is InChI=1S/C23H24ClFN2O4S/c1-13-11-17-15(3)20(23(28)27-9-5-4-6-10-27)31-21(17)22(14(13)2)32(29,30)26-16-7-8-19(25)18(24)12-16/h7-8,11-12,26H,4-6,9-10H2,1-3H3. The minimum Gasteiger partial charge on any atom is -0.449 e. The molecule has 2 heterocycles. The maximum atomic E-state index is 13.5. The molecule has 9 heteroatoms. The van der Waals surface area contributed by atoms with Gasteiger partial charge in [0.1, 0.15) is 10.7 Å². The summed E-state index contributed by atoms with van der Waals surface area (Å²) in [4.78, 5) is 14.8. The maximum Gasteiger partial charge on any atom is 0.289 e. The second-order valence-electron chi connectivity index (χ2n) is 8.17. The van der Waals surface area contributed by atoms with Crippen LogP contribution in [0.15, 0.2) is 33.6 Å². The van der Waals surface area contributed by atoms with E-state index >= 15 is 0 Å². The van der Waals surface area contributed by atoms with Gasteiger partial charge in [-0.1, -0.05) is 11.6 Å². The summed E-state index contributed by atoms with van der Waals surface area (Å²) in [5.41, 5.74) is 2.12. The lowest BCUT2D eigenvalue weighted by atomic mass is 10.0. The topological polar surface area (TPSA) is 79.6 Å². The lowest BCUT2D eigenvalue weighted by Gasteiger charge is -2.25. The van der Waals surface area contributed by atoms with E-state index in [-0.39, 0.29) is 32.9 Å². The number of hydrogen-bond donors (Lipinski definition) is 1. The van der Waals surface area contributed by atoms with Gasteiger partial charge >= 0.3 is 0 Å². The van der Waals surface area contributed by atoms with Crippen molar-refractivity contribution in [3.05, 3.63) is 57.6 Å². The molecule has 0 radical (unpaired) electrons. The fraction of sp³-hybridized carbons (Fsp3) is 0.348. The molecule has 32 heavy (non-hydrogen) atoms. The molecule has 0 spiro atoms. The number of sulfonamides is 1. The number of aryl methyl sites for hydroxylation is 2. The molecule has 6 nitrogen and oxygen atoms in total. The van der Waals surface area contributed by atoms with Gasteiger partial charge in [-0.15, -0.1) is 0 Å². The van der Waals surface area contributed by atoms with E-state index in [1.54, 1.807) is 25.7 Å². The van der Waals surface area contributed by atoms with Gasteiger partial charge in [0, 0.05) is 24.0 Å². The molecule has 1 amide bonds. The molecule has 0 bridgehead atoms. The minimum atomic E-state index is -4.13. The average molecular weight is 479 g/mol. The highest BCUT2D eigenvalue weighted by atomic mass is 35.5. The highest BCUT2D eigenvalue weighted by Crippen LogP contribution is 2.36.